The molecule has 7 heteroatoms. The Balaban J connectivity index is 1.56. The molecule has 1 saturated heterocycles. The molecule has 1 atom stereocenters. The van der Waals surface area contributed by atoms with Crippen molar-refractivity contribution in [3.8, 4) is 11.3 Å². The van der Waals surface area contributed by atoms with Crippen LogP contribution in [0.4, 0.5) is 0 Å². The number of hydrogen-bond donors (Lipinski definition) is 1. The van der Waals surface area contributed by atoms with Gasteiger partial charge in [0.15, 0.2) is 5.78 Å². The molecule has 6 nitrogen and oxygen atoms in total. The summed E-state index contributed by atoms with van der Waals surface area (Å²) >= 11 is 1.58. The highest BCUT2D eigenvalue weighted by Gasteiger charge is 2.28. The highest BCUT2D eigenvalue weighted by molar-refractivity contribution is 7.07. The lowest BCUT2D eigenvalue weighted by molar-refractivity contribution is 0.0517. The third kappa shape index (κ3) is 4.58. The Hall–Kier alpha value is -3.03. The van der Waals surface area contributed by atoms with Crippen molar-refractivity contribution >= 4 is 28.0 Å². The quantitative estimate of drug-likeness (QED) is 0.306. The summed E-state index contributed by atoms with van der Waals surface area (Å²) in [6, 6.07) is 8.52. The Labute approximate surface area is 215 Å². The molecular weight excluding hydrogens is 470 g/mol. The van der Waals surface area contributed by atoms with Gasteiger partial charge in [0.25, 0.3) is 5.56 Å². The van der Waals surface area contributed by atoms with E-state index in [2.05, 4.69) is 52.0 Å². The SMILES string of the molecule is Cc1cc(C)c(CCC(=O)c2c(C)n(C(C)C3CCOCC3)c3cc(-c4cscn4)ccc23)c(=O)[nH]1. The molecule has 0 radical (unpaired) electrons. The third-order valence-corrected chi connectivity index (χ3v) is 8.29. The molecular formula is C29H33N3O3S. The van der Waals surface area contributed by atoms with Crippen molar-refractivity contribution in [1.29, 1.82) is 0 Å². The van der Waals surface area contributed by atoms with Crippen molar-refractivity contribution in [1.82, 2.24) is 14.5 Å². The number of H-pyrrole nitrogens is 1. The predicted molar refractivity (Wildman–Crippen MR) is 145 cm³/mol. The van der Waals surface area contributed by atoms with Gasteiger partial charge in [0.1, 0.15) is 0 Å². The normalized spacial score (nSPS) is 15.4. The first-order chi connectivity index (χ1) is 17.3. The average Bonchev–Trinajstić information content (AvgIpc) is 3.49. The number of thiazole rings is 1. The maximum atomic E-state index is 13.7. The second kappa shape index (κ2) is 10.1. The third-order valence-electron chi connectivity index (χ3n) is 7.71. The van der Waals surface area contributed by atoms with Gasteiger partial charge >= 0.3 is 0 Å². The van der Waals surface area contributed by atoms with Crippen molar-refractivity contribution in [2.45, 2.75) is 59.4 Å². The molecule has 0 aliphatic carbocycles. The van der Waals surface area contributed by atoms with E-state index in [-0.39, 0.29) is 17.4 Å². The maximum Gasteiger partial charge on any atom is 0.251 e. The molecule has 5 rings (SSSR count). The number of aromatic amines is 1. The van der Waals surface area contributed by atoms with Crippen molar-refractivity contribution < 1.29 is 9.53 Å². The molecule has 1 aliphatic heterocycles. The lowest BCUT2D eigenvalue weighted by Gasteiger charge is -2.30. The molecule has 1 unspecified atom stereocenters. The van der Waals surface area contributed by atoms with Crippen LogP contribution in [-0.2, 0) is 11.2 Å². The largest absolute Gasteiger partial charge is 0.381 e. The minimum absolute atomic E-state index is 0.0798. The molecule has 3 aromatic heterocycles. The number of ether oxygens (including phenoxy) is 1. The summed E-state index contributed by atoms with van der Waals surface area (Å²) in [6.07, 6.45) is 2.76. The Morgan fingerprint density at radius 1 is 1.22 bits per heavy atom. The number of carbonyl (C=O) groups excluding carboxylic acids is 1. The highest BCUT2D eigenvalue weighted by atomic mass is 32.1. The van der Waals surface area contributed by atoms with E-state index in [1.165, 1.54) is 0 Å². The van der Waals surface area contributed by atoms with Gasteiger partial charge in [-0.05, 0) is 70.6 Å². The first-order valence-electron chi connectivity index (χ1n) is 12.7. The van der Waals surface area contributed by atoms with Crippen LogP contribution in [-0.4, -0.2) is 33.5 Å². The number of nitrogens with zero attached hydrogens (tertiary/aromatic N) is 2. The Bertz CT molecular complexity index is 1460. The van der Waals surface area contributed by atoms with E-state index < -0.39 is 0 Å². The zero-order valence-corrected chi connectivity index (χ0v) is 22.2. The molecule has 4 heterocycles. The lowest BCUT2D eigenvalue weighted by atomic mass is 9.92. The molecule has 4 aromatic rings. The van der Waals surface area contributed by atoms with Gasteiger partial charge in [0.2, 0.25) is 0 Å². The number of benzene rings is 1. The van der Waals surface area contributed by atoms with Gasteiger partial charge in [-0.15, -0.1) is 11.3 Å². The zero-order chi connectivity index (χ0) is 25.4. The van der Waals surface area contributed by atoms with Crippen LogP contribution in [0.5, 0.6) is 0 Å². The predicted octanol–water partition coefficient (Wildman–Crippen LogP) is 6.18. The molecule has 1 N–H and O–H groups in total. The first kappa shape index (κ1) is 24.7. The van der Waals surface area contributed by atoms with E-state index in [1.54, 1.807) is 11.3 Å². The number of pyridine rings is 1. The summed E-state index contributed by atoms with van der Waals surface area (Å²) in [5.74, 6) is 0.573. The van der Waals surface area contributed by atoms with Crippen molar-refractivity contribution in [3.63, 3.8) is 0 Å². The molecule has 0 bridgehead atoms. The van der Waals surface area contributed by atoms with Gasteiger partial charge in [-0.2, -0.15) is 0 Å². The number of Topliss-reactive ketones (excluding diaryl/α,β-unsaturated/α-hetero) is 1. The standard InChI is InChI=1S/C29H33N3O3S/c1-17-13-18(2)31-29(34)23(17)7-8-27(33)28-20(4)32(19(3)21-9-11-35-12-10-21)26-14-22(5-6-24(26)28)25-15-36-16-30-25/h5-6,13-16,19,21H,7-12H2,1-4H3,(H,31,34). The van der Waals surface area contributed by atoms with Crippen LogP contribution in [0.15, 0.2) is 40.0 Å². The first-order valence-corrected chi connectivity index (χ1v) is 13.6. The molecule has 188 valence electrons. The average molecular weight is 504 g/mol. The lowest BCUT2D eigenvalue weighted by Crippen LogP contribution is -2.24. The number of rotatable bonds is 7. The second-order valence-electron chi connectivity index (χ2n) is 9.99. The van der Waals surface area contributed by atoms with Crippen molar-refractivity contribution in [3.05, 3.63) is 73.6 Å². The minimum Gasteiger partial charge on any atom is -0.381 e. The fourth-order valence-corrected chi connectivity index (χ4v) is 6.36. The van der Waals surface area contributed by atoms with Gasteiger partial charge in [-0.25, -0.2) is 4.98 Å². The molecule has 1 fully saturated rings. The Morgan fingerprint density at radius 2 is 2.00 bits per heavy atom. The number of aryl methyl sites for hydroxylation is 2. The molecule has 0 amide bonds. The number of nitrogens with one attached hydrogen (secondary N) is 1. The highest BCUT2D eigenvalue weighted by Crippen LogP contribution is 2.37. The Kier molecular flexibility index (Phi) is 6.95. The van der Waals surface area contributed by atoms with Crippen molar-refractivity contribution in [2.24, 2.45) is 5.92 Å². The van der Waals surface area contributed by atoms with Gasteiger partial charge in [-0.1, -0.05) is 12.1 Å². The molecule has 1 aliphatic rings. The van der Waals surface area contributed by atoms with Gasteiger partial charge < -0.3 is 14.3 Å². The van der Waals surface area contributed by atoms with E-state index in [1.807, 2.05) is 25.4 Å². The van der Waals surface area contributed by atoms with Gasteiger partial charge in [0, 0.05) is 70.0 Å². The van der Waals surface area contributed by atoms with Crippen LogP contribution >= 0.6 is 11.3 Å². The van der Waals surface area contributed by atoms with E-state index in [9.17, 15) is 9.59 Å². The van der Waals surface area contributed by atoms with Crippen LogP contribution in [0.25, 0.3) is 22.2 Å². The topological polar surface area (TPSA) is 77.0 Å². The number of carbonyl (C=O) groups is 1. The number of hydrogen-bond acceptors (Lipinski definition) is 5. The fourth-order valence-electron chi connectivity index (χ4n) is 5.79. The fraction of sp³-hybridized carbons (Fsp3) is 0.414. The summed E-state index contributed by atoms with van der Waals surface area (Å²) < 4.78 is 7.98. The minimum atomic E-state index is -0.0968. The van der Waals surface area contributed by atoms with Gasteiger partial charge in [-0.3, -0.25) is 9.59 Å². The molecule has 0 saturated carbocycles. The maximum absolute atomic E-state index is 13.7. The van der Waals surface area contributed by atoms with Crippen LogP contribution in [0.2, 0.25) is 0 Å². The van der Waals surface area contributed by atoms with Crippen molar-refractivity contribution in [2.75, 3.05) is 13.2 Å². The number of aromatic nitrogens is 3. The van der Waals surface area contributed by atoms with Crippen LogP contribution < -0.4 is 5.56 Å². The van der Waals surface area contributed by atoms with E-state index >= 15 is 0 Å². The van der Waals surface area contributed by atoms with Gasteiger partial charge in [0.05, 0.1) is 11.2 Å². The second-order valence-corrected chi connectivity index (χ2v) is 10.7. The number of fused-ring (bicyclic) bond motifs is 1. The Morgan fingerprint density at radius 3 is 2.69 bits per heavy atom. The smallest absolute Gasteiger partial charge is 0.251 e. The zero-order valence-electron chi connectivity index (χ0n) is 21.4. The summed E-state index contributed by atoms with van der Waals surface area (Å²) in [7, 11) is 0. The molecule has 1 aromatic carbocycles. The van der Waals surface area contributed by atoms with Crippen LogP contribution in [0.1, 0.15) is 65.1 Å². The number of ketones is 1. The van der Waals surface area contributed by atoms with E-state index in [0.29, 0.717) is 24.3 Å². The molecule has 36 heavy (non-hydrogen) atoms. The summed E-state index contributed by atoms with van der Waals surface area (Å²) in [6.45, 7) is 9.72. The van der Waals surface area contributed by atoms with E-state index in [0.717, 1.165) is 70.7 Å². The van der Waals surface area contributed by atoms with Crippen LogP contribution in [0, 0.1) is 26.7 Å². The van der Waals surface area contributed by atoms with E-state index in [4.69, 9.17) is 4.74 Å². The summed E-state index contributed by atoms with van der Waals surface area (Å²) in [5, 5.41) is 3.03. The monoisotopic (exact) mass is 503 g/mol. The summed E-state index contributed by atoms with van der Waals surface area (Å²) in [4.78, 5) is 33.6. The summed E-state index contributed by atoms with van der Waals surface area (Å²) in [5.41, 5.74) is 9.07. The molecule has 0 spiro atoms. The van der Waals surface area contributed by atoms with Crippen LogP contribution in [0.3, 0.4) is 0 Å².